The molecule has 1 unspecified atom stereocenters. The van der Waals surface area contributed by atoms with Crippen molar-refractivity contribution < 1.29 is 0 Å². The maximum atomic E-state index is 4.59. The van der Waals surface area contributed by atoms with Crippen LogP contribution in [-0.2, 0) is 6.42 Å². The average molecular weight is 246 g/mol. The Morgan fingerprint density at radius 3 is 2.61 bits per heavy atom. The predicted molar refractivity (Wildman–Crippen MR) is 77.7 cm³/mol. The van der Waals surface area contributed by atoms with Crippen LogP contribution in [-0.4, -0.2) is 9.97 Å². The number of rotatable bonds is 6. The Kier molecular flexibility index (Phi) is 6.03. The van der Waals surface area contributed by atoms with E-state index in [9.17, 15) is 0 Å². The molecule has 2 heteroatoms. The van der Waals surface area contributed by atoms with E-state index in [2.05, 4.69) is 36.8 Å². The molecular weight excluding hydrogens is 220 g/mol. The van der Waals surface area contributed by atoms with Crippen molar-refractivity contribution in [3.8, 4) is 0 Å². The van der Waals surface area contributed by atoms with Gasteiger partial charge in [0.05, 0.1) is 17.1 Å². The van der Waals surface area contributed by atoms with Gasteiger partial charge in [-0.15, -0.1) is 0 Å². The Hall–Kier alpha value is -1.18. The van der Waals surface area contributed by atoms with E-state index in [0.29, 0.717) is 5.92 Å². The van der Waals surface area contributed by atoms with Crippen molar-refractivity contribution >= 4 is 0 Å². The van der Waals surface area contributed by atoms with Crippen molar-refractivity contribution in [3.63, 3.8) is 0 Å². The maximum Gasteiger partial charge on any atom is 0.0592 e. The smallest absolute Gasteiger partial charge is 0.0592 e. The third-order valence-corrected chi connectivity index (χ3v) is 3.25. The van der Waals surface area contributed by atoms with Crippen molar-refractivity contribution in [2.24, 2.45) is 5.92 Å². The van der Waals surface area contributed by atoms with Crippen LogP contribution in [0, 0.1) is 19.8 Å². The van der Waals surface area contributed by atoms with E-state index in [1.165, 1.54) is 24.8 Å². The monoisotopic (exact) mass is 246 g/mol. The minimum absolute atomic E-state index is 0.687. The minimum Gasteiger partial charge on any atom is -0.258 e. The summed E-state index contributed by atoms with van der Waals surface area (Å²) in [6, 6.07) is 0. The fourth-order valence-electron chi connectivity index (χ4n) is 2.00. The van der Waals surface area contributed by atoms with E-state index in [1.54, 1.807) is 0 Å². The molecule has 100 valence electrons. The van der Waals surface area contributed by atoms with Crippen molar-refractivity contribution in [1.82, 2.24) is 9.97 Å². The van der Waals surface area contributed by atoms with E-state index in [1.807, 2.05) is 20.0 Å². The molecule has 0 bridgehead atoms. The molecule has 1 aromatic rings. The van der Waals surface area contributed by atoms with Gasteiger partial charge in [-0.25, -0.2) is 0 Å². The quantitative estimate of drug-likeness (QED) is 0.549. The average Bonchev–Trinajstić information content (AvgIpc) is 2.29. The second-order valence-corrected chi connectivity index (χ2v) is 5.55. The first-order chi connectivity index (χ1) is 8.49. The van der Waals surface area contributed by atoms with Gasteiger partial charge in [0.2, 0.25) is 0 Å². The second-order valence-electron chi connectivity index (χ2n) is 5.55. The van der Waals surface area contributed by atoms with Crippen LogP contribution in [0.3, 0.4) is 0 Å². The summed E-state index contributed by atoms with van der Waals surface area (Å²) in [7, 11) is 0. The molecule has 0 spiro atoms. The van der Waals surface area contributed by atoms with Crippen LogP contribution in [0.15, 0.2) is 17.8 Å². The number of hydrogen-bond donors (Lipinski definition) is 0. The Labute approximate surface area is 112 Å². The van der Waals surface area contributed by atoms with E-state index in [0.717, 1.165) is 23.5 Å². The third kappa shape index (κ3) is 5.44. The maximum absolute atomic E-state index is 4.59. The number of unbranched alkanes of at least 4 members (excludes halogenated alkanes) is 1. The van der Waals surface area contributed by atoms with E-state index in [4.69, 9.17) is 0 Å². The van der Waals surface area contributed by atoms with Crippen LogP contribution in [0.4, 0.5) is 0 Å². The van der Waals surface area contributed by atoms with Crippen LogP contribution < -0.4 is 0 Å². The summed E-state index contributed by atoms with van der Waals surface area (Å²) in [5.74, 6) is 0.687. The topological polar surface area (TPSA) is 25.8 Å². The number of hydrogen-bond acceptors (Lipinski definition) is 2. The zero-order chi connectivity index (χ0) is 13.5. The van der Waals surface area contributed by atoms with Crippen LogP contribution >= 0.6 is 0 Å². The minimum atomic E-state index is 0.687. The van der Waals surface area contributed by atoms with Crippen LogP contribution in [0.1, 0.15) is 57.1 Å². The molecule has 1 rings (SSSR count). The van der Waals surface area contributed by atoms with E-state index < -0.39 is 0 Å². The summed E-state index contributed by atoms with van der Waals surface area (Å²) in [5.41, 5.74) is 4.65. The molecule has 0 N–H and O–H groups in total. The van der Waals surface area contributed by atoms with Crippen molar-refractivity contribution in [2.45, 2.75) is 60.3 Å². The van der Waals surface area contributed by atoms with Gasteiger partial charge in [-0.05, 0) is 52.9 Å². The molecule has 0 radical (unpaired) electrons. The lowest BCUT2D eigenvalue weighted by Crippen LogP contribution is -2.04. The van der Waals surface area contributed by atoms with Crippen LogP contribution in [0.5, 0.6) is 0 Å². The summed E-state index contributed by atoms with van der Waals surface area (Å²) in [4.78, 5) is 8.97. The molecule has 1 aromatic heterocycles. The van der Waals surface area contributed by atoms with Gasteiger partial charge in [-0.1, -0.05) is 25.0 Å². The second kappa shape index (κ2) is 7.30. The van der Waals surface area contributed by atoms with Crippen molar-refractivity contribution in [2.75, 3.05) is 0 Å². The number of aromatic nitrogens is 2. The van der Waals surface area contributed by atoms with Crippen molar-refractivity contribution in [1.29, 1.82) is 0 Å². The first-order valence-electron chi connectivity index (χ1n) is 6.91. The molecule has 0 aromatic carbocycles. The van der Waals surface area contributed by atoms with Gasteiger partial charge in [0, 0.05) is 6.20 Å². The Morgan fingerprint density at radius 1 is 1.28 bits per heavy atom. The van der Waals surface area contributed by atoms with Gasteiger partial charge < -0.3 is 0 Å². The lowest BCUT2D eigenvalue weighted by molar-refractivity contribution is 0.503. The number of nitrogens with zero attached hydrogens (tertiary/aromatic N) is 2. The molecule has 0 fully saturated rings. The molecule has 0 aliphatic heterocycles. The zero-order valence-electron chi connectivity index (χ0n) is 12.5. The molecule has 0 aliphatic rings. The van der Waals surface area contributed by atoms with Crippen LogP contribution in [0.2, 0.25) is 0 Å². The highest BCUT2D eigenvalue weighted by Crippen LogP contribution is 2.14. The van der Waals surface area contributed by atoms with Gasteiger partial charge in [-0.2, -0.15) is 0 Å². The highest BCUT2D eigenvalue weighted by atomic mass is 14.8. The lowest BCUT2D eigenvalue weighted by atomic mass is 9.98. The standard InChI is InChI=1S/C16H26N2/c1-12(2)8-6-7-9-13(3)10-16-11-17-14(4)15(5)18-16/h8,11,13H,6-7,9-10H2,1-5H3. The summed E-state index contributed by atoms with van der Waals surface area (Å²) in [6.07, 6.45) is 9.02. The predicted octanol–water partition coefficient (Wildman–Crippen LogP) is 4.41. The largest absolute Gasteiger partial charge is 0.258 e. The van der Waals surface area contributed by atoms with Gasteiger partial charge in [0.1, 0.15) is 0 Å². The molecule has 0 amide bonds. The molecule has 1 atom stereocenters. The molecular formula is C16H26N2. The molecule has 2 nitrogen and oxygen atoms in total. The van der Waals surface area contributed by atoms with Gasteiger partial charge >= 0.3 is 0 Å². The fourth-order valence-corrected chi connectivity index (χ4v) is 2.00. The molecule has 0 aliphatic carbocycles. The zero-order valence-corrected chi connectivity index (χ0v) is 12.5. The highest BCUT2D eigenvalue weighted by Gasteiger charge is 2.06. The molecule has 1 heterocycles. The third-order valence-electron chi connectivity index (χ3n) is 3.25. The number of aryl methyl sites for hydroxylation is 2. The Bertz CT molecular complexity index is 404. The van der Waals surface area contributed by atoms with Gasteiger partial charge in [0.25, 0.3) is 0 Å². The molecule has 0 saturated heterocycles. The molecule has 18 heavy (non-hydrogen) atoms. The van der Waals surface area contributed by atoms with Crippen molar-refractivity contribution in [3.05, 3.63) is 34.9 Å². The fraction of sp³-hybridized carbons (Fsp3) is 0.625. The summed E-state index contributed by atoms with van der Waals surface area (Å²) >= 11 is 0. The highest BCUT2D eigenvalue weighted by molar-refractivity contribution is 5.10. The Morgan fingerprint density at radius 2 is 2.00 bits per heavy atom. The molecule has 0 saturated carbocycles. The van der Waals surface area contributed by atoms with Gasteiger partial charge in [0.15, 0.2) is 0 Å². The summed E-state index contributed by atoms with van der Waals surface area (Å²) < 4.78 is 0. The van der Waals surface area contributed by atoms with Crippen LogP contribution in [0.25, 0.3) is 0 Å². The first-order valence-corrected chi connectivity index (χ1v) is 6.91. The normalized spacial score (nSPS) is 12.3. The Balaban J connectivity index is 2.37. The van der Waals surface area contributed by atoms with E-state index >= 15 is 0 Å². The first kappa shape index (κ1) is 14.9. The summed E-state index contributed by atoms with van der Waals surface area (Å²) in [6.45, 7) is 10.7. The SMILES string of the molecule is CC(C)=CCCCC(C)Cc1cnc(C)c(C)n1. The lowest BCUT2D eigenvalue weighted by Gasteiger charge is -2.10. The number of allylic oxidation sites excluding steroid dienone is 2. The summed E-state index contributed by atoms with van der Waals surface area (Å²) in [5, 5.41) is 0. The van der Waals surface area contributed by atoms with E-state index in [-0.39, 0.29) is 0 Å². The van der Waals surface area contributed by atoms with Gasteiger partial charge in [-0.3, -0.25) is 9.97 Å².